The normalized spacial score (nSPS) is 12.6. The number of hydrazine groups is 1. The number of fused-ring (bicyclic) bond motifs is 1. The van der Waals surface area contributed by atoms with Crippen LogP contribution in [0, 0.1) is 5.92 Å². The molecule has 8 nitrogen and oxygen atoms in total. The van der Waals surface area contributed by atoms with E-state index in [-0.39, 0.29) is 18.9 Å². The van der Waals surface area contributed by atoms with Crippen molar-refractivity contribution in [3.63, 3.8) is 0 Å². The van der Waals surface area contributed by atoms with Crippen molar-refractivity contribution in [3.8, 4) is 0 Å². The fraction of sp³-hybridized carbons (Fsp3) is 0.296. The molecule has 0 bridgehead atoms. The number of hydrogen-bond acceptors (Lipinski definition) is 5. The monoisotopic (exact) mass is 476 g/mol. The SMILES string of the molecule is CC(C)C[C@H](NC(=O)[C@H](Cc1cccc2ccccc12)NC(=O)OCc1ccccc1)C(=O)NN. The van der Waals surface area contributed by atoms with Crippen LogP contribution in [0.1, 0.15) is 31.4 Å². The van der Waals surface area contributed by atoms with Crippen LogP contribution in [0.3, 0.4) is 0 Å². The van der Waals surface area contributed by atoms with Gasteiger partial charge in [0, 0.05) is 6.42 Å². The molecule has 0 fully saturated rings. The predicted molar refractivity (Wildman–Crippen MR) is 135 cm³/mol. The second kappa shape index (κ2) is 12.5. The highest BCUT2D eigenvalue weighted by molar-refractivity contribution is 5.92. The van der Waals surface area contributed by atoms with E-state index in [0.29, 0.717) is 6.42 Å². The minimum Gasteiger partial charge on any atom is -0.445 e. The first kappa shape index (κ1) is 25.7. The summed E-state index contributed by atoms with van der Waals surface area (Å²) in [7, 11) is 0. The summed E-state index contributed by atoms with van der Waals surface area (Å²) in [5.74, 6) is 4.46. The van der Waals surface area contributed by atoms with Gasteiger partial charge < -0.3 is 15.4 Å². The van der Waals surface area contributed by atoms with Crippen molar-refractivity contribution in [2.24, 2.45) is 11.8 Å². The van der Waals surface area contributed by atoms with E-state index in [2.05, 4.69) is 16.1 Å². The highest BCUT2D eigenvalue weighted by Crippen LogP contribution is 2.20. The van der Waals surface area contributed by atoms with Crippen molar-refractivity contribution >= 4 is 28.7 Å². The standard InChI is InChI=1S/C27H32N4O4/c1-18(2)15-23(26(33)31-28)29-25(32)24(30-27(34)35-17-19-9-4-3-5-10-19)16-21-13-8-12-20-11-6-7-14-22(20)21/h3-14,18,23-24H,15-17,28H2,1-2H3,(H,29,32)(H,30,34)(H,31,33)/t23-,24-/m0/s1. The molecule has 8 heteroatoms. The zero-order valence-electron chi connectivity index (χ0n) is 20.0. The minimum atomic E-state index is -0.968. The number of alkyl carbamates (subject to hydrolysis) is 1. The second-order valence-corrected chi connectivity index (χ2v) is 8.80. The lowest BCUT2D eigenvalue weighted by Crippen LogP contribution is -2.55. The Balaban J connectivity index is 1.80. The number of ether oxygens (including phenoxy) is 1. The molecule has 3 aromatic carbocycles. The van der Waals surface area contributed by atoms with Gasteiger partial charge in [-0.1, -0.05) is 86.6 Å². The molecular weight excluding hydrogens is 444 g/mol. The van der Waals surface area contributed by atoms with Gasteiger partial charge in [0.05, 0.1) is 0 Å². The number of rotatable bonds is 10. The van der Waals surface area contributed by atoms with E-state index in [4.69, 9.17) is 10.6 Å². The molecule has 184 valence electrons. The van der Waals surface area contributed by atoms with Crippen molar-refractivity contribution in [3.05, 3.63) is 83.9 Å². The number of amides is 3. The van der Waals surface area contributed by atoms with Gasteiger partial charge in [-0.25, -0.2) is 10.6 Å². The van der Waals surface area contributed by atoms with Gasteiger partial charge in [-0.15, -0.1) is 0 Å². The molecule has 3 amide bonds. The molecule has 0 unspecified atom stereocenters. The average molecular weight is 477 g/mol. The summed E-state index contributed by atoms with van der Waals surface area (Å²) >= 11 is 0. The highest BCUT2D eigenvalue weighted by atomic mass is 16.5. The molecule has 0 aliphatic carbocycles. The molecule has 5 N–H and O–H groups in total. The minimum absolute atomic E-state index is 0.0703. The van der Waals surface area contributed by atoms with Gasteiger partial charge in [0.25, 0.3) is 5.91 Å². The first-order chi connectivity index (χ1) is 16.9. The van der Waals surface area contributed by atoms with Gasteiger partial charge in [0.1, 0.15) is 18.7 Å². The summed E-state index contributed by atoms with van der Waals surface area (Å²) in [5, 5.41) is 7.43. The fourth-order valence-corrected chi connectivity index (χ4v) is 3.88. The summed E-state index contributed by atoms with van der Waals surface area (Å²) in [6.07, 6.45) is -0.113. The molecule has 3 rings (SSSR count). The molecule has 0 aliphatic heterocycles. The molecule has 35 heavy (non-hydrogen) atoms. The van der Waals surface area contributed by atoms with Crippen LogP contribution in [0.2, 0.25) is 0 Å². The van der Waals surface area contributed by atoms with Gasteiger partial charge in [0.15, 0.2) is 0 Å². The zero-order chi connectivity index (χ0) is 25.2. The number of carbonyl (C=O) groups excluding carboxylic acids is 3. The Morgan fingerprint density at radius 3 is 2.23 bits per heavy atom. The Morgan fingerprint density at radius 2 is 1.51 bits per heavy atom. The number of nitrogens with two attached hydrogens (primary N) is 1. The van der Waals surface area contributed by atoms with Crippen LogP contribution in [-0.4, -0.2) is 30.0 Å². The lowest BCUT2D eigenvalue weighted by molar-refractivity contribution is -0.130. The van der Waals surface area contributed by atoms with E-state index in [1.807, 2.05) is 86.6 Å². The Kier molecular flexibility index (Phi) is 9.20. The quantitative estimate of drug-likeness (QED) is 0.203. The lowest BCUT2D eigenvalue weighted by atomic mass is 9.97. The van der Waals surface area contributed by atoms with Crippen molar-refractivity contribution in [1.82, 2.24) is 16.1 Å². The molecule has 0 spiro atoms. The van der Waals surface area contributed by atoms with Crippen LogP contribution < -0.4 is 21.9 Å². The Bertz CT molecular complexity index is 1140. The third-order valence-corrected chi connectivity index (χ3v) is 5.61. The molecule has 0 saturated carbocycles. The number of carbonyl (C=O) groups is 3. The first-order valence-electron chi connectivity index (χ1n) is 11.6. The van der Waals surface area contributed by atoms with E-state index in [1.165, 1.54) is 0 Å². The van der Waals surface area contributed by atoms with Crippen LogP contribution in [0.15, 0.2) is 72.8 Å². The topological polar surface area (TPSA) is 123 Å². The molecule has 0 saturated heterocycles. The summed E-state index contributed by atoms with van der Waals surface area (Å²) in [6, 6.07) is 21.1. The van der Waals surface area contributed by atoms with Crippen LogP contribution in [0.4, 0.5) is 4.79 Å². The van der Waals surface area contributed by atoms with E-state index < -0.39 is 30.0 Å². The number of benzene rings is 3. The third kappa shape index (κ3) is 7.55. The van der Waals surface area contributed by atoms with E-state index in [9.17, 15) is 14.4 Å². The second-order valence-electron chi connectivity index (χ2n) is 8.80. The van der Waals surface area contributed by atoms with Crippen LogP contribution in [0.5, 0.6) is 0 Å². The van der Waals surface area contributed by atoms with Gasteiger partial charge >= 0.3 is 6.09 Å². The van der Waals surface area contributed by atoms with Crippen LogP contribution in [-0.2, 0) is 27.4 Å². The van der Waals surface area contributed by atoms with E-state index >= 15 is 0 Å². The molecular formula is C27H32N4O4. The van der Waals surface area contributed by atoms with Crippen molar-refractivity contribution in [2.45, 2.75) is 45.4 Å². The lowest BCUT2D eigenvalue weighted by Gasteiger charge is -2.24. The molecule has 0 aromatic heterocycles. The summed E-state index contributed by atoms with van der Waals surface area (Å²) in [5.41, 5.74) is 3.81. The van der Waals surface area contributed by atoms with Crippen molar-refractivity contribution in [1.29, 1.82) is 0 Å². The Morgan fingerprint density at radius 1 is 0.829 bits per heavy atom. The fourth-order valence-electron chi connectivity index (χ4n) is 3.88. The maximum Gasteiger partial charge on any atom is 0.408 e. The van der Waals surface area contributed by atoms with E-state index in [0.717, 1.165) is 21.9 Å². The van der Waals surface area contributed by atoms with Crippen molar-refractivity contribution < 1.29 is 19.1 Å². The summed E-state index contributed by atoms with van der Waals surface area (Å²) in [4.78, 5) is 38.2. The van der Waals surface area contributed by atoms with Crippen LogP contribution in [0.25, 0.3) is 10.8 Å². The smallest absolute Gasteiger partial charge is 0.408 e. The Labute approximate surface area is 205 Å². The highest BCUT2D eigenvalue weighted by Gasteiger charge is 2.28. The molecule has 2 atom stereocenters. The number of nitrogens with one attached hydrogen (secondary N) is 3. The van der Waals surface area contributed by atoms with Crippen LogP contribution >= 0.6 is 0 Å². The van der Waals surface area contributed by atoms with Gasteiger partial charge in [-0.3, -0.25) is 15.0 Å². The molecule has 3 aromatic rings. The van der Waals surface area contributed by atoms with Crippen molar-refractivity contribution in [2.75, 3.05) is 0 Å². The predicted octanol–water partition coefficient (Wildman–Crippen LogP) is 3.20. The number of hydrogen-bond donors (Lipinski definition) is 4. The maximum atomic E-state index is 13.3. The summed E-state index contributed by atoms with van der Waals surface area (Å²) in [6.45, 7) is 3.95. The molecule has 0 heterocycles. The Hall–Kier alpha value is -3.91. The summed E-state index contributed by atoms with van der Waals surface area (Å²) < 4.78 is 5.34. The largest absolute Gasteiger partial charge is 0.445 e. The van der Waals surface area contributed by atoms with E-state index in [1.54, 1.807) is 0 Å². The zero-order valence-corrected chi connectivity index (χ0v) is 20.0. The van der Waals surface area contributed by atoms with Gasteiger partial charge in [-0.05, 0) is 34.2 Å². The first-order valence-corrected chi connectivity index (χ1v) is 11.6. The van der Waals surface area contributed by atoms with Gasteiger partial charge in [-0.2, -0.15) is 0 Å². The third-order valence-electron chi connectivity index (χ3n) is 5.61. The molecule has 0 radical (unpaired) electrons. The molecule has 0 aliphatic rings. The maximum absolute atomic E-state index is 13.3. The average Bonchev–Trinajstić information content (AvgIpc) is 2.86. The van der Waals surface area contributed by atoms with Gasteiger partial charge in [0.2, 0.25) is 5.91 Å².